The molecule has 1 aromatic carbocycles. The molecule has 6 nitrogen and oxygen atoms in total. The average Bonchev–Trinajstić information content (AvgIpc) is 2.51. The summed E-state index contributed by atoms with van der Waals surface area (Å²) in [5.41, 5.74) is 2.39. The van der Waals surface area contributed by atoms with E-state index in [2.05, 4.69) is 0 Å². The molecule has 0 aromatic heterocycles. The van der Waals surface area contributed by atoms with Crippen molar-refractivity contribution in [3.8, 4) is 5.75 Å². The number of carboxylic acid groups (broad SMARTS) is 1. The third-order valence-electron chi connectivity index (χ3n) is 3.40. The van der Waals surface area contributed by atoms with Crippen LogP contribution in [0.1, 0.15) is 31.4 Å². The minimum atomic E-state index is -1.02. The van der Waals surface area contributed by atoms with Gasteiger partial charge in [-0.25, -0.2) is 9.59 Å². The summed E-state index contributed by atoms with van der Waals surface area (Å²) in [7, 11) is 0. The summed E-state index contributed by atoms with van der Waals surface area (Å²) >= 11 is 0. The lowest BCUT2D eigenvalue weighted by molar-refractivity contribution is -0.137. The van der Waals surface area contributed by atoms with E-state index in [1.807, 2.05) is 25.1 Å². The van der Waals surface area contributed by atoms with Crippen molar-refractivity contribution in [1.82, 2.24) is 4.90 Å². The number of allylic oxidation sites excluding steroid dienone is 1. The Kier molecular flexibility index (Phi) is 5.04. The van der Waals surface area contributed by atoms with Crippen LogP contribution in [0, 0.1) is 0 Å². The highest BCUT2D eigenvalue weighted by Crippen LogP contribution is 2.34. The second kappa shape index (κ2) is 6.98. The third-order valence-corrected chi connectivity index (χ3v) is 3.40. The number of fused-ring (bicyclic) bond motifs is 1. The lowest BCUT2D eigenvalue weighted by Gasteiger charge is -2.28. The lowest BCUT2D eigenvalue weighted by Crippen LogP contribution is -2.36. The molecule has 0 unspecified atom stereocenters. The molecule has 1 aliphatic rings. The molecule has 6 heteroatoms. The number of carbonyl (C=O) groups excluding carboxylic acids is 1. The van der Waals surface area contributed by atoms with Crippen molar-refractivity contribution in [2.24, 2.45) is 0 Å². The molecule has 0 spiro atoms. The van der Waals surface area contributed by atoms with Crippen LogP contribution < -0.4 is 4.74 Å². The molecular formula is C16H19NO5. The van der Waals surface area contributed by atoms with E-state index in [9.17, 15) is 9.59 Å². The SMILES string of the molecule is CCOC(=O)/C=C(\CC)c1cccc2c1OCN(C(=O)O)C2. The lowest BCUT2D eigenvalue weighted by atomic mass is 9.98. The Morgan fingerprint density at radius 3 is 2.82 bits per heavy atom. The predicted molar refractivity (Wildman–Crippen MR) is 80.4 cm³/mol. The summed E-state index contributed by atoms with van der Waals surface area (Å²) in [4.78, 5) is 23.9. The summed E-state index contributed by atoms with van der Waals surface area (Å²) < 4.78 is 10.6. The number of para-hydroxylation sites is 1. The molecule has 1 amide bonds. The van der Waals surface area contributed by atoms with Crippen molar-refractivity contribution in [2.75, 3.05) is 13.3 Å². The summed E-state index contributed by atoms with van der Waals surface area (Å²) in [5, 5.41) is 9.04. The first-order valence-corrected chi connectivity index (χ1v) is 7.17. The molecule has 1 heterocycles. The first-order chi connectivity index (χ1) is 10.6. The summed E-state index contributed by atoms with van der Waals surface area (Å²) in [5.74, 6) is 0.248. The van der Waals surface area contributed by atoms with E-state index in [1.54, 1.807) is 6.92 Å². The second-order valence-electron chi connectivity index (χ2n) is 4.82. The van der Waals surface area contributed by atoms with Gasteiger partial charge in [-0.3, -0.25) is 4.90 Å². The maximum absolute atomic E-state index is 11.7. The smallest absolute Gasteiger partial charge is 0.410 e. The Morgan fingerprint density at radius 2 is 2.18 bits per heavy atom. The van der Waals surface area contributed by atoms with Crippen molar-refractivity contribution >= 4 is 17.6 Å². The van der Waals surface area contributed by atoms with Crippen molar-refractivity contribution in [3.63, 3.8) is 0 Å². The summed E-state index contributed by atoms with van der Waals surface area (Å²) in [6.45, 7) is 4.27. The van der Waals surface area contributed by atoms with Crippen molar-refractivity contribution in [1.29, 1.82) is 0 Å². The van der Waals surface area contributed by atoms with E-state index in [0.29, 0.717) is 18.8 Å². The number of hydrogen-bond acceptors (Lipinski definition) is 4. The molecule has 0 radical (unpaired) electrons. The highest BCUT2D eigenvalue weighted by atomic mass is 16.5. The highest BCUT2D eigenvalue weighted by molar-refractivity contribution is 5.92. The minimum Gasteiger partial charge on any atom is -0.472 e. The number of esters is 1. The van der Waals surface area contributed by atoms with Crippen molar-refractivity contribution < 1.29 is 24.2 Å². The fraction of sp³-hybridized carbons (Fsp3) is 0.375. The molecule has 22 heavy (non-hydrogen) atoms. The number of amides is 1. The maximum Gasteiger partial charge on any atom is 0.410 e. The fourth-order valence-electron chi connectivity index (χ4n) is 2.35. The van der Waals surface area contributed by atoms with Crippen molar-refractivity contribution in [3.05, 3.63) is 35.4 Å². The average molecular weight is 305 g/mol. The fourth-order valence-corrected chi connectivity index (χ4v) is 2.35. The Morgan fingerprint density at radius 1 is 1.41 bits per heavy atom. The van der Waals surface area contributed by atoms with Crippen LogP contribution in [0.5, 0.6) is 5.75 Å². The van der Waals surface area contributed by atoms with Gasteiger partial charge < -0.3 is 14.6 Å². The normalized spacial score (nSPS) is 14.1. The predicted octanol–water partition coefficient (Wildman–Crippen LogP) is 2.87. The van der Waals surface area contributed by atoms with Gasteiger partial charge in [-0.05, 0) is 18.9 Å². The van der Waals surface area contributed by atoms with Gasteiger partial charge in [-0.15, -0.1) is 0 Å². The second-order valence-corrected chi connectivity index (χ2v) is 4.82. The van der Waals surface area contributed by atoms with Gasteiger partial charge in [-0.2, -0.15) is 0 Å². The van der Waals surface area contributed by atoms with Crippen LogP contribution in [0.3, 0.4) is 0 Å². The molecule has 1 aliphatic heterocycles. The molecule has 0 aliphatic carbocycles. The molecule has 0 fully saturated rings. The van der Waals surface area contributed by atoms with Crippen LogP contribution in [0.25, 0.3) is 5.57 Å². The monoisotopic (exact) mass is 305 g/mol. The number of carbonyl (C=O) groups is 2. The van der Waals surface area contributed by atoms with Gasteiger partial charge in [0.15, 0.2) is 6.73 Å². The first-order valence-electron chi connectivity index (χ1n) is 7.17. The number of ether oxygens (including phenoxy) is 2. The minimum absolute atomic E-state index is 0.0181. The number of rotatable bonds is 4. The Hall–Kier alpha value is -2.50. The van der Waals surface area contributed by atoms with Crippen LogP contribution in [0.2, 0.25) is 0 Å². The van der Waals surface area contributed by atoms with Crippen LogP contribution in [0.15, 0.2) is 24.3 Å². The van der Waals surface area contributed by atoms with E-state index < -0.39 is 6.09 Å². The number of nitrogens with zero attached hydrogens (tertiary/aromatic N) is 1. The van der Waals surface area contributed by atoms with Gasteiger partial charge in [0.1, 0.15) is 5.75 Å². The molecule has 0 saturated carbocycles. The highest BCUT2D eigenvalue weighted by Gasteiger charge is 2.24. The van der Waals surface area contributed by atoms with Gasteiger partial charge in [0.25, 0.3) is 0 Å². The largest absolute Gasteiger partial charge is 0.472 e. The van der Waals surface area contributed by atoms with E-state index in [-0.39, 0.29) is 19.2 Å². The van der Waals surface area contributed by atoms with E-state index in [0.717, 1.165) is 16.7 Å². The Balaban J connectivity index is 2.35. The van der Waals surface area contributed by atoms with Crippen LogP contribution in [0.4, 0.5) is 4.79 Å². The van der Waals surface area contributed by atoms with Gasteiger partial charge in [0.2, 0.25) is 0 Å². The van der Waals surface area contributed by atoms with Crippen LogP contribution in [-0.2, 0) is 16.1 Å². The zero-order chi connectivity index (χ0) is 16.1. The topological polar surface area (TPSA) is 76.1 Å². The first kappa shape index (κ1) is 15.9. The van der Waals surface area contributed by atoms with Crippen LogP contribution >= 0.6 is 0 Å². The zero-order valence-corrected chi connectivity index (χ0v) is 12.7. The van der Waals surface area contributed by atoms with E-state index in [4.69, 9.17) is 14.6 Å². The Labute approximate surface area is 128 Å². The maximum atomic E-state index is 11.7. The zero-order valence-electron chi connectivity index (χ0n) is 12.7. The number of benzene rings is 1. The van der Waals surface area contributed by atoms with Gasteiger partial charge >= 0.3 is 12.1 Å². The molecule has 0 atom stereocenters. The molecule has 2 rings (SSSR count). The van der Waals surface area contributed by atoms with Gasteiger partial charge in [0.05, 0.1) is 13.2 Å². The third kappa shape index (κ3) is 3.39. The molecule has 0 saturated heterocycles. The van der Waals surface area contributed by atoms with E-state index in [1.165, 1.54) is 11.0 Å². The van der Waals surface area contributed by atoms with Crippen molar-refractivity contribution in [2.45, 2.75) is 26.8 Å². The van der Waals surface area contributed by atoms with Gasteiger partial charge in [-0.1, -0.05) is 25.1 Å². The van der Waals surface area contributed by atoms with Crippen LogP contribution in [-0.4, -0.2) is 35.4 Å². The standard InChI is InChI=1S/C16H19NO5/c1-3-11(8-14(18)21-4-2)13-7-5-6-12-9-17(16(19)20)10-22-15(12)13/h5-8H,3-4,9-10H2,1-2H3,(H,19,20)/b11-8+. The number of hydrogen-bond donors (Lipinski definition) is 1. The summed E-state index contributed by atoms with van der Waals surface area (Å²) in [6, 6.07) is 5.52. The molecule has 1 aromatic rings. The van der Waals surface area contributed by atoms with E-state index >= 15 is 0 Å². The molecule has 1 N–H and O–H groups in total. The molecule has 118 valence electrons. The van der Waals surface area contributed by atoms with Gasteiger partial charge in [0, 0.05) is 17.2 Å². The Bertz CT molecular complexity index is 609. The quantitative estimate of drug-likeness (QED) is 0.683. The molecular weight excluding hydrogens is 286 g/mol. The molecule has 0 bridgehead atoms. The summed E-state index contributed by atoms with van der Waals surface area (Å²) in [6.07, 6.45) is 1.08.